The van der Waals surface area contributed by atoms with Crippen molar-refractivity contribution in [1.29, 1.82) is 0 Å². The summed E-state index contributed by atoms with van der Waals surface area (Å²) in [4.78, 5) is 23.8. The molecular formula is C11H21NO5. The third-order valence-electron chi connectivity index (χ3n) is 2.17. The number of hydrogen-bond acceptors (Lipinski definition) is 4. The van der Waals surface area contributed by atoms with Gasteiger partial charge >= 0.3 is 12.1 Å². The molecule has 0 radical (unpaired) electrons. The molecule has 0 rings (SSSR count). The van der Waals surface area contributed by atoms with Crippen molar-refractivity contribution in [2.24, 2.45) is 0 Å². The Morgan fingerprint density at radius 2 is 1.76 bits per heavy atom. The second kappa shape index (κ2) is 5.86. The summed E-state index contributed by atoms with van der Waals surface area (Å²) in [6.45, 7) is 6.73. The Labute approximate surface area is 101 Å². The Morgan fingerprint density at radius 1 is 1.29 bits per heavy atom. The molecule has 0 aromatic carbocycles. The molecule has 0 aliphatic carbocycles. The van der Waals surface area contributed by atoms with Gasteiger partial charge in [-0.05, 0) is 27.7 Å². The predicted molar refractivity (Wildman–Crippen MR) is 61.9 cm³/mol. The van der Waals surface area contributed by atoms with E-state index in [0.717, 1.165) is 4.90 Å². The summed E-state index contributed by atoms with van der Waals surface area (Å²) in [5.74, 6) is -1.13. The molecule has 0 unspecified atom stereocenters. The van der Waals surface area contributed by atoms with Crippen LogP contribution in [0.25, 0.3) is 0 Å². The molecule has 6 nitrogen and oxygen atoms in total. The Balaban J connectivity index is 4.79. The minimum Gasteiger partial charge on any atom is -0.480 e. The van der Waals surface area contributed by atoms with Gasteiger partial charge in [0, 0.05) is 14.2 Å². The number of carbonyl (C=O) groups excluding carboxylic acids is 1. The first-order valence-electron chi connectivity index (χ1n) is 5.31. The number of carboxylic acids is 1. The predicted octanol–water partition coefficient (Wildman–Crippen LogP) is 1.34. The van der Waals surface area contributed by atoms with Crippen LogP contribution in [-0.2, 0) is 14.3 Å². The molecule has 0 aliphatic heterocycles. The number of likely N-dealkylation sites (N-methyl/N-ethyl adjacent to an activating group) is 1. The quantitative estimate of drug-likeness (QED) is 0.811. The van der Waals surface area contributed by atoms with Crippen molar-refractivity contribution in [3.05, 3.63) is 0 Å². The summed E-state index contributed by atoms with van der Waals surface area (Å²) in [6, 6.07) is -1.07. The molecule has 1 amide bonds. The molecule has 0 bridgehead atoms. The lowest BCUT2D eigenvalue weighted by atomic mass is 10.1. The summed E-state index contributed by atoms with van der Waals surface area (Å²) in [6.07, 6.45) is -1.31. The van der Waals surface area contributed by atoms with Crippen LogP contribution in [0.1, 0.15) is 27.7 Å². The fraction of sp³-hybridized carbons (Fsp3) is 0.818. The van der Waals surface area contributed by atoms with Crippen LogP contribution in [0, 0.1) is 0 Å². The molecule has 0 heterocycles. The zero-order chi connectivity index (χ0) is 13.8. The number of nitrogens with zero attached hydrogens (tertiary/aromatic N) is 1. The molecular weight excluding hydrogens is 226 g/mol. The molecule has 0 spiro atoms. The van der Waals surface area contributed by atoms with Crippen LogP contribution < -0.4 is 0 Å². The zero-order valence-corrected chi connectivity index (χ0v) is 11.2. The van der Waals surface area contributed by atoms with Gasteiger partial charge in [-0.3, -0.25) is 4.90 Å². The summed E-state index contributed by atoms with van der Waals surface area (Å²) < 4.78 is 10.0. The first kappa shape index (κ1) is 15.7. The van der Waals surface area contributed by atoms with Gasteiger partial charge in [0.25, 0.3) is 0 Å². The number of rotatable bonds is 4. The zero-order valence-electron chi connectivity index (χ0n) is 11.2. The van der Waals surface area contributed by atoms with E-state index in [0.29, 0.717) is 0 Å². The number of amides is 1. The van der Waals surface area contributed by atoms with Crippen LogP contribution in [0.15, 0.2) is 0 Å². The normalized spacial score (nSPS) is 14.9. The second-order valence-corrected chi connectivity index (χ2v) is 4.82. The van der Waals surface area contributed by atoms with Crippen LogP contribution >= 0.6 is 0 Å². The third kappa shape index (κ3) is 5.04. The highest BCUT2D eigenvalue weighted by molar-refractivity contribution is 5.80. The smallest absolute Gasteiger partial charge is 0.410 e. The molecule has 6 heteroatoms. The van der Waals surface area contributed by atoms with Gasteiger partial charge in [0.15, 0.2) is 6.04 Å². The molecule has 0 aromatic heterocycles. The molecule has 0 saturated heterocycles. The number of carboxylic acid groups (broad SMARTS) is 1. The fourth-order valence-electron chi connectivity index (χ4n) is 1.26. The summed E-state index contributed by atoms with van der Waals surface area (Å²) in [5.41, 5.74) is -0.662. The average molecular weight is 247 g/mol. The Kier molecular flexibility index (Phi) is 5.41. The van der Waals surface area contributed by atoms with Crippen LogP contribution in [-0.4, -0.2) is 54.0 Å². The number of carbonyl (C=O) groups is 2. The van der Waals surface area contributed by atoms with E-state index < -0.39 is 29.8 Å². The standard InChI is InChI=1S/C11H21NO5/c1-7(16-6)8(9(13)14)12(5)10(15)17-11(2,3)4/h7-8H,1-6H3,(H,13,14)/t7-,8-/m0/s1. The number of methoxy groups -OCH3 is 1. The van der Waals surface area contributed by atoms with E-state index >= 15 is 0 Å². The third-order valence-corrected chi connectivity index (χ3v) is 2.17. The molecule has 0 fully saturated rings. The first-order chi connectivity index (χ1) is 7.60. The van der Waals surface area contributed by atoms with E-state index in [-0.39, 0.29) is 0 Å². The molecule has 2 atom stereocenters. The van der Waals surface area contributed by atoms with E-state index in [1.807, 2.05) is 0 Å². The lowest BCUT2D eigenvalue weighted by Crippen LogP contribution is -2.50. The van der Waals surface area contributed by atoms with Crippen LogP contribution in [0.5, 0.6) is 0 Å². The summed E-state index contributed by atoms with van der Waals surface area (Å²) in [5, 5.41) is 9.06. The maximum absolute atomic E-state index is 11.7. The van der Waals surface area contributed by atoms with Crippen molar-refractivity contribution in [1.82, 2.24) is 4.90 Å². The van der Waals surface area contributed by atoms with Gasteiger partial charge in [0.2, 0.25) is 0 Å². The SMILES string of the molecule is CO[C@@H](C)[C@@H](C(=O)O)N(C)C(=O)OC(C)(C)C. The van der Waals surface area contributed by atoms with Gasteiger partial charge in [-0.2, -0.15) is 0 Å². The minimum absolute atomic E-state index is 0.620. The van der Waals surface area contributed by atoms with Gasteiger partial charge < -0.3 is 14.6 Å². The lowest BCUT2D eigenvalue weighted by molar-refractivity contribution is -0.147. The maximum Gasteiger partial charge on any atom is 0.410 e. The minimum atomic E-state index is -1.13. The van der Waals surface area contributed by atoms with E-state index in [1.165, 1.54) is 14.2 Å². The van der Waals surface area contributed by atoms with E-state index in [1.54, 1.807) is 27.7 Å². The second-order valence-electron chi connectivity index (χ2n) is 4.82. The molecule has 100 valence electrons. The van der Waals surface area contributed by atoms with Crippen molar-refractivity contribution in [2.45, 2.75) is 45.4 Å². The Morgan fingerprint density at radius 3 is 2.06 bits per heavy atom. The van der Waals surface area contributed by atoms with Gasteiger partial charge in [0.1, 0.15) is 5.60 Å². The van der Waals surface area contributed by atoms with Crippen molar-refractivity contribution in [2.75, 3.05) is 14.2 Å². The van der Waals surface area contributed by atoms with Gasteiger partial charge in [-0.15, -0.1) is 0 Å². The van der Waals surface area contributed by atoms with Crippen LogP contribution in [0.3, 0.4) is 0 Å². The average Bonchev–Trinajstić information content (AvgIpc) is 2.14. The van der Waals surface area contributed by atoms with Crippen molar-refractivity contribution in [3.63, 3.8) is 0 Å². The van der Waals surface area contributed by atoms with Crippen LogP contribution in [0.4, 0.5) is 4.79 Å². The van der Waals surface area contributed by atoms with Crippen molar-refractivity contribution < 1.29 is 24.2 Å². The lowest BCUT2D eigenvalue weighted by Gasteiger charge is -2.30. The van der Waals surface area contributed by atoms with E-state index in [2.05, 4.69) is 0 Å². The van der Waals surface area contributed by atoms with E-state index in [9.17, 15) is 9.59 Å². The highest BCUT2D eigenvalue weighted by Crippen LogP contribution is 2.13. The number of hydrogen-bond donors (Lipinski definition) is 1. The fourth-order valence-corrected chi connectivity index (χ4v) is 1.26. The maximum atomic E-state index is 11.7. The number of aliphatic carboxylic acids is 1. The van der Waals surface area contributed by atoms with Gasteiger partial charge in [-0.25, -0.2) is 9.59 Å². The summed E-state index contributed by atoms with van der Waals surface area (Å²) in [7, 11) is 2.77. The van der Waals surface area contributed by atoms with Gasteiger partial charge in [-0.1, -0.05) is 0 Å². The molecule has 0 aliphatic rings. The largest absolute Gasteiger partial charge is 0.480 e. The topological polar surface area (TPSA) is 76.1 Å². The van der Waals surface area contributed by atoms with Crippen molar-refractivity contribution >= 4 is 12.1 Å². The van der Waals surface area contributed by atoms with Crippen LogP contribution in [0.2, 0.25) is 0 Å². The Hall–Kier alpha value is -1.30. The Bertz CT molecular complexity index is 284. The molecule has 1 N–H and O–H groups in total. The van der Waals surface area contributed by atoms with E-state index in [4.69, 9.17) is 14.6 Å². The molecule has 0 saturated carbocycles. The monoisotopic (exact) mass is 247 g/mol. The highest BCUT2D eigenvalue weighted by Gasteiger charge is 2.34. The van der Waals surface area contributed by atoms with Crippen molar-refractivity contribution in [3.8, 4) is 0 Å². The molecule has 0 aromatic rings. The first-order valence-corrected chi connectivity index (χ1v) is 5.31. The molecule has 17 heavy (non-hydrogen) atoms. The van der Waals surface area contributed by atoms with Gasteiger partial charge in [0.05, 0.1) is 6.10 Å². The number of ether oxygens (including phenoxy) is 2. The summed E-state index contributed by atoms with van der Waals surface area (Å²) >= 11 is 0. The highest BCUT2D eigenvalue weighted by atomic mass is 16.6.